The largest absolute Gasteiger partial charge is 0.305 e. The van der Waals surface area contributed by atoms with Gasteiger partial charge in [-0.15, -0.1) is 0 Å². The van der Waals surface area contributed by atoms with Crippen molar-refractivity contribution < 1.29 is 4.79 Å². The summed E-state index contributed by atoms with van der Waals surface area (Å²) in [4.78, 5) is 17.1. The van der Waals surface area contributed by atoms with Crippen LogP contribution in [0.5, 0.6) is 0 Å². The Bertz CT molecular complexity index is 728. The molecule has 0 amide bonds. The average Bonchev–Trinajstić information content (AvgIpc) is 2.65. The summed E-state index contributed by atoms with van der Waals surface area (Å²) in [6, 6.07) is 16.3. The van der Waals surface area contributed by atoms with Gasteiger partial charge in [0, 0.05) is 18.7 Å². The van der Waals surface area contributed by atoms with Gasteiger partial charge in [0.25, 0.3) is 0 Å². The SMILES string of the molecule is CCN(CC)Cc1ccc(C=CC(=O)c2ccccc2CN(C)C)cc1. The minimum Gasteiger partial charge on any atom is -0.305 e. The predicted molar refractivity (Wildman–Crippen MR) is 110 cm³/mol. The van der Waals surface area contributed by atoms with Crippen LogP contribution in [0, 0.1) is 0 Å². The second-order valence-electron chi connectivity index (χ2n) is 6.80. The Morgan fingerprint density at radius 1 is 0.923 bits per heavy atom. The highest BCUT2D eigenvalue weighted by Gasteiger charge is 2.08. The molecule has 0 aliphatic rings. The third-order valence-corrected chi connectivity index (χ3v) is 4.48. The number of carbonyl (C=O) groups is 1. The Morgan fingerprint density at radius 3 is 2.19 bits per heavy atom. The first kappa shape index (κ1) is 20.1. The highest BCUT2D eigenvalue weighted by Crippen LogP contribution is 2.14. The number of benzene rings is 2. The maximum atomic E-state index is 12.6. The second kappa shape index (κ2) is 10.0. The van der Waals surface area contributed by atoms with Gasteiger partial charge in [0.15, 0.2) is 5.78 Å². The number of carbonyl (C=O) groups excluding carboxylic acids is 1. The first-order valence-corrected chi connectivity index (χ1v) is 9.29. The quantitative estimate of drug-likeness (QED) is 0.492. The van der Waals surface area contributed by atoms with E-state index in [4.69, 9.17) is 0 Å². The predicted octanol–water partition coefficient (Wildman–Crippen LogP) is 4.49. The van der Waals surface area contributed by atoms with Crippen LogP contribution in [0.3, 0.4) is 0 Å². The molecule has 0 saturated carbocycles. The van der Waals surface area contributed by atoms with E-state index in [-0.39, 0.29) is 5.78 Å². The molecule has 0 spiro atoms. The zero-order valence-electron chi connectivity index (χ0n) is 16.4. The Kier molecular flexibility index (Phi) is 7.76. The maximum absolute atomic E-state index is 12.6. The van der Waals surface area contributed by atoms with E-state index in [0.717, 1.165) is 42.9 Å². The van der Waals surface area contributed by atoms with Gasteiger partial charge >= 0.3 is 0 Å². The summed E-state index contributed by atoms with van der Waals surface area (Å²) in [5.41, 5.74) is 4.18. The molecule has 3 heteroatoms. The molecular formula is C23H30N2O. The maximum Gasteiger partial charge on any atom is 0.186 e. The number of rotatable bonds is 9. The summed E-state index contributed by atoms with van der Waals surface area (Å²) in [5.74, 6) is 0.0506. The molecule has 0 fully saturated rings. The van der Waals surface area contributed by atoms with Crippen LogP contribution < -0.4 is 0 Å². The van der Waals surface area contributed by atoms with Crippen molar-refractivity contribution in [2.24, 2.45) is 0 Å². The van der Waals surface area contributed by atoms with Crippen molar-refractivity contribution in [1.82, 2.24) is 9.80 Å². The minimum atomic E-state index is 0.0506. The normalized spacial score (nSPS) is 11.6. The van der Waals surface area contributed by atoms with E-state index in [9.17, 15) is 4.79 Å². The zero-order valence-corrected chi connectivity index (χ0v) is 16.4. The number of hydrogen-bond acceptors (Lipinski definition) is 3. The summed E-state index contributed by atoms with van der Waals surface area (Å²) in [7, 11) is 4.02. The van der Waals surface area contributed by atoms with E-state index >= 15 is 0 Å². The average molecular weight is 351 g/mol. The molecule has 0 atom stereocenters. The van der Waals surface area contributed by atoms with Gasteiger partial charge in [0.2, 0.25) is 0 Å². The lowest BCUT2D eigenvalue weighted by Gasteiger charge is -2.17. The fourth-order valence-electron chi connectivity index (χ4n) is 2.94. The summed E-state index contributed by atoms with van der Waals surface area (Å²) in [5, 5.41) is 0. The van der Waals surface area contributed by atoms with Gasteiger partial charge in [0.1, 0.15) is 0 Å². The van der Waals surface area contributed by atoms with E-state index in [1.165, 1.54) is 5.56 Å². The van der Waals surface area contributed by atoms with Crippen molar-refractivity contribution in [2.45, 2.75) is 26.9 Å². The number of hydrogen-bond donors (Lipinski definition) is 0. The van der Waals surface area contributed by atoms with E-state index in [0.29, 0.717) is 0 Å². The molecule has 0 saturated heterocycles. The van der Waals surface area contributed by atoms with Crippen LogP contribution in [-0.2, 0) is 13.1 Å². The van der Waals surface area contributed by atoms with Crippen molar-refractivity contribution in [3.63, 3.8) is 0 Å². The van der Waals surface area contributed by atoms with E-state index in [2.05, 4.69) is 47.9 Å². The zero-order chi connectivity index (χ0) is 18.9. The fraction of sp³-hybridized carbons (Fsp3) is 0.348. The monoisotopic (exact) mass is 350 g/mol. The van der Waals surface area contributed by atoms with Gasteiger partial charge in [0.05, 0.1) is 0 Å². The first-order valence-electron chi connectivity index (χ1n) is 9.29. The third kappa shape index (κ3) is 5.94. The molecular weight excluding hydrogens is 320 g/mol. The van der Waals surface area contributed by atoms with Crippen molar-refractivity contribution in [3.05, 3.63) is 76.9 Å². The summed E-state index contributed by atoms with van der Waals surface area (Å²) < 4.78 is 0. The Morgan fingerprint density at radius 2 is 1.58 bits per heavy atom. The summed E-state index contributed by atoms with van der Waals surface area (Å²) in [6.45, 7) is 8.20. The molecule has 0 aliphatic heterocycles. The van der Waals surface area contributed by atoms with Gasteiger partial charge in [-0.25, -0.2) is 0 Å². The topological polar surface area (TPSA) is 23.6 Å². The highest BCUT2D eigenvalue weighted by atomic mass is 16.1. The van der Waals surface area contributed by atoms with Crippen LogP contribution in [0.1, 0.15) is 40.9 Å². The molecule has 0 N–H and O–H groups in total. The van der Waals surface area contributed by atoms with E-state index < -0.39 is 0 Å². The smallest absolute Gasteiger partial charge is 0.186 e. The molecule has 0 unspecified atom stereocenters. The molecule has 2 aromatic rings. The number of ketones is 1. The third-order valence-electron chi connectivity index (χ3n) is 4.48. The number of allylic oxidation sites excluding steroid dienone is 1. The number of nitrogens with zero attached hydrogens (tertiary/aromatic N) is 2. The molecule has 0 aromatic heterocycles. The molecule has 3 nitrogen and oxygen atoms in total. The van der Waals surface area contributed by atoms with Gasteiger partial charge in [-0.3, -0.25) is 9.69 Å². The molecule has 0 heterocycles. The Labute approximate surface area is 157 Å². The summed E-state index contributed by atoms with van der Waals surface area (Å²) in [6.07, 6.45) is 3.57. The standard InChI is InChI=1S/C23H30N2O/c1-5-25(6-2)17-20-13-11-19(12-14-20)15-16-23(26)22-10-8-7-9-21(22)18-24(3)4/h7-16H,5-6,17-18H2,1-4H3. The minimum absolute atomic E-state index is 0.0506. The van der Waals surface area contributed by atoms with E-state index in [1.54, 1.807) is 6.08 Å². The van der Waals surface area contributed by atoms with Gasteiger partial charge < -0.3 is 4.90 Å². The van der Waals surface area contributed by atoms with Crippen LogP contribution in [0.4, 0.5) is 0 Å². The van der Waals surface area contributed by atoms with Gasteiger partial charge in [-0.05, 0) is 50.0 Å². The van der Waals surface area contributed by atoms with Crippen LogP contribution in [0.25, 0.3) is 6.08 Å². The fourth-order valence-corrected chi connectivity index (χ4v) is 2.94. The van der Waals surface area contributed by atoms with Crippen molar-refractivity contribution in [3.8, 4) is 0 Å². The molecule has 138 valence electrons. The van der Waals surface area contributed by atoms with Crippen LogP contribution in [0.2, 0.25) is 0 Å². The highest BCUT2D eigenvalue weighted by molar-refractivity contribution is 6.07. The van der Waals surface area contributed by atoms with Gasteiger partial charge in [-0.2, -0.15) is 0 Å². The lowest BCUT2D eigenvalue weighted by atomic mass is 10.0. The summed E-state index contributed by atoms with van der Waals surface area (Å²) >= 11 is 0. The molecule has 0 bridgehead atoms. The molecule has 26 heavy (non-hydrogen) atoms. The molecule has 2 aromatic carbocycles. The van der Waals surface area contributed by atoms with Crippen molar-refractivity contribution in [1.29, 1.82) is 0 Å². The molecule has 0 radical (unpaired) electrons. The van der Waals surface area contributed by atoms with Crippen LogP contribution in [-0.4, -0.2) is 42.8 Å². The molecule has 2 rings (SSSR count). The van der Waals surface area contributed by atoms with Crippen LogP contribution >= 0.6 is 0 Å². The van der Waals surface area contributed by atoms with Gasteiger partial charge in [-0.1, -0.05) is 68.5 Å². The lowest BCUT2D eigenvalue weighted by molar-refractivity contribution is 0.104. The Hall–Kier alpha value is -2.23. The Balaban J connectivity index is 2.06. The van der Waals surface area contributed by atoms with Crippen molar-refractivity contribution >= 4 is 11.9 Å². The lowest BCUT2D eigenvalue weighted by Crippen LogP contribution is -2.21. The second-order valence-corrected chi connectivity index (χ2v) is 6.80. The van der Waals surface area contributed by atoms with Crippen molar-refractivity contribution in [2.75, 3.05) is 27.2 Å². The van der Waals surface area contributed by atoms with Crippen LogP contribution in [0.15, 0.2) is 54.6 Å². The molecule has 0 aliphatic carbocycles. The van der Waals surface area contributed by atoms with E-state index in [1.807, 2.05) is 44.4 Å². The first-order chi connectivity index (χ1) is 12.5.